The summed E-state index contributed by atoms with van der Waals surface area (Å²) in [6.45, 7) is 6.77. The van der Waals surface area contributed by atoms with Gasteiger partial charge in [0.25, 0.3) is 0 Å². The third-order valence-corrected chi connectivity index (χ3v) is 4.19. The van der Waals surface area contributed by atoms with Crippen LogP contribution in [-0.4, -0.2) is 0 Å². The number of hydrogen-bond donors (Lipinski definition) is 0. The van der Waals surface area contributed by atoms with Crippen LogP contribution in [0.1, 0.15) is 57.1 Å². The summed E-state index contributed by atoms with van der Waals surface area (Å²) in [5.41, 5.74) is 5.55. The molecule has 0 fully saturated rings. The highest BCUT2D eigenvalue weighted by atomic mass is 14.1. The number of aryl methyl sites for hydroxylation is 1. The summed E-state index contributed by atoms with van der Waals surface area (Å²) in [4.78, 5) is 0. The van der Waals surface area contributed by atoms with Gasteiger partial charge in [0.2, 0.25) is 0 Å². The van der Waals surface area contributed by atoms with Gasteiger partial charge in [-0.15, -0.1) is 0 Å². The van der Waals surface area contributed by atoms with Gasteiger partial charge in [0.05, 0.1) is 0 Å². The van der Waals surface area contributed by atoms with Crippen LogP contribution in [0.25, 0.3) is 11.1 Å². The van der Waals surface area contributed by atoms with Crippen LogP contribution in [-0.2, 0) is 6.42 Å². The molecule has 0 bridgehead atoms. The molecule has 106 valence electrons. The van der Waals surface area contributed by atoms with Crippen LogP contribution in [0.3, 0.4) is 0 Å². The predicted octanol–water partition coefficient (Wildman–Crippen LogP) is 6.21. The van der Waals surface area contributed by atoms with Crippen LogP contribution >= 0.6 is 0 Å². The molecule has 0 heterocycles. The van der Waals surface area contributed by atoms with E-state index in [0.29, 0.717) is 5.92 Å². The fourth-order valence-corrected chi connectivity index (χ4v) is 2.86. The molecule has 20 heavy (non-hydrogen) atoms. The Morgan fingerprint density at radius 3 is 1.65 bits per heavy atom. The van der Waals surface area contributed by atoms with Gasteiger partial charge in [0.1, 0.15) is 0 Å². The quantitative estimate of drug-likeness (QED) is 0.583. The average molecular weight is 266 g/mol. The first-order valence-corrected chi connectivity index (χ1v) is 7.97. The van der Waals surface area contributed by atoms with Crippen LogP contribution in [0.2, 0.25) is 0 Å². The minimum Gasteiger partial charge on any atom is -0.0651 e. The molecule has 0 saturated heterocycles. The lowest BCUT2D eigenvalue weighted by Crippen LogP contribution is -1.94. The van der Waals surface area contributed by atoms with Gasteiger partial charge in [-0.2, -0.15) is 0 Å². The van der Waals surface area contributed by atoms with E-state index in [0.717, 1.165) is 0 Å². The first-order chi connectivity index (χ1) is 9.78. The smallest absolute Gasteiger partial charge is 0.0167 e. The molecule has 0 atom stereocenters. The standard InChI is InChI=1S/C20H26/c1-4-7-16-8-10-19(11-9-16)20-14-12-18(13-15-20)17(5-2)6-3/h8-15,17H,4-7H2,1-3H3. The Hall–Kier alpha value is -1.56. The van der Waals surface area contributed by atoms with Crippen LogP contribution in [0, 0.1) is 0 Å². The molecule has 0 saturated carbocycles. The van der Waals surface area contributed by atoms with Gasteiger partial charge in [-0.05, 0) is 47.4 Å². The lowest BCUT2D eigenvalue weighted by Gasteiger charge is -2.13. The zero-order valence-electron chi connectivity index (χ0n) is 13.0. The highest BCUT2D eigenvalue weighted by Crippen LogP contribution is 2.26. The van der Waals surface area contributed by atoms with Crippen molar-refractivity contribution in [2.75, 3.05) is 0 Å². The second kappa shape index (κ2) is 7.28. The van der Waals surface area contributed by atoms with Crippen molar-refractivity contribution in [1.29, 1.82) is 0 Å². The van der Waals surface area contributed by atoms with E-state index in [1.54, 1.807) is 0 Å². The molecule has 2 rings (SSSR count). The van der Waals surface area contributed by atoms with Gasteiger partial charge in [-0.25, -0.2) is 0 Å². The zero-order valence-corrected chi connectivity index (χ0v) is 13.0. The van der Waals surface area contributed by atoms with Crippen molar-refractivity contribution in [2.24, 2.45) is 0 Å². The summed E-state index contributed by atoms with van der Waals surface area (Å²) in [5.74, 6) is 0.705. The van der Waals surface area contributed by atoms with Crippen LogP contribution < -0.4 is 0 Å². The molecule has 0 aromatic heterocycles. The van der Waals surface area contributed by atoms with Crippen LogP contribution in [0.5, 0.6) is 0 Å². The van der Waals surface area contributed by atoms with Gasteiger partial charge in [-0.3, -0.25) is 0 Å². The van der Waals surface area contributed by atoms with E-state index in [4.69, 9.17) is 0 Å². The van der Waals surface area contributed by atoms with E-state index in [1.807, 2.05) is 0 Å². The molecule has 2 aromatic carbocycles. The van der Waals surface area contributed by atoms with Crippen molar-refractivity contribution >= 4 is 0 Å². The number of hydrogen-bond acceptors (Lipinski definition) is 0. The van der Waals surface area contributed by atoms with Crippen molar-refractivity contribution in [1.82, 2.24) is 0 Å². The van der Waals surface area contributed by atoms with E-state index in [-0.39, 0.29) is 0 Å². The Kier molecular flexibility index (Phi) is 5.40. The van der Waals surface area contributed by atoms with Crippen molar-refractivity contribution in [3.63, 3.8) is 0 Å². The maximum Gasteiger partial charge on any atom is -0.0167 e. The zero-order chi connectivity index (χ0) is 14.4. The highest BCUT2D eigenvalue weighted by Gasteiger charge is 2.06. The average Bonchev–Trinajstić information content (AvgIpc) is 2.50. The Morgan fingerprint density at radius 1 is 0.700 bits per heavy atom. The van der Waals surface area contributed by atoms with Crippen molar-refractivity contribution < 1.29 is 0 Å². The van der Waals surface area contributed by atoms with Gasteiger partial charge < -0.3 is 0 Å². The molecule has 0 aliphatic heterocycles. The second-order valence-corrected chi connectivity index (χ2v) is 5.58. The van der Waals surface area contributed by atoms with Crippen LogP contribution in [0.15, 0.2) is 48.5 Å². The Bertz CT molecular complexity index is 501. The molecular weight excluding hydrogens is 240 g/mol. The monoisotopic (exact) mass is 266 g/mol. The number of benzene rings is 2. The lowest BCUT2D eigenvalue weighted by molar-refractivity contribution is 0.642. The minimum absolute atomic E-state index is 0.705. The second-order valence-electron chi connectivity index (χ2n) is 5.58. The first kappa shape index (κ1) is 14.8. The summed E-state index contributed by atoms with van der Waals surface area (Å²) in [5, 5.41) is 0. The molecule has 0 unspecified atom stereocenters. The third-order valence-electron chi connectivity index (χ3n) is 4.19. The van der Waals surface area contributed by atoms with Crippen LogP contribution in [0.4, 0.5) is 0 Å². The predicted molar refractivity (Wildman–Crippen MR) is 89.2 cm³/mol. The highest BCUT2D eigenvalue weighted by molar-refractivity contribution is 5.64. The lowest BCUT2D eigenvalue weighted by atomic mass is 9.92. The maximum atomic E-state index is 2.30. The molecular formula is C20H26. The molecule has 0 heteroatoms. The summed E-state index contributed by atoms with van der Waals surface area (Å²) >= 11 is 0. The normalized spacial score (nSPS) is 11.0. The number of rotatable bonds is 6. The van der Waals surface area contributed by atoms with Crippen molar-refractivity contribution in [2.45, 2.75) is 52.4 Å². The van der Waals surface area contributed by atoms with Gasteiger partial charge in [0, 0.05) is 0 Å². The molecule has 0 nitrogen and oxygen atoms in total. The topological polar surface area (TPSA) is 0 Å². The van der Waals surface area contributed by atoms with Crippen molar-refractivity contribution in [3.8, 4) is 11.1 Å². The molecule has 0 aliphatic rings. The third kappa shape index (κ3) is 3.50. The van der Waals surface area contributed by atoms with E-state index in [2.05, 4.69) is 69.3 Å². The molecule has 2 aromatic rings. The molecule has 0 amide bonds. The van der Waals surface area contributed by atoms with E-state index in [1.165, 1.54) is 47.9 Å². The molecule has 0 aliphatic carbocycles. The Balaban J connectivity index is 2.17. The summed E-state index contributed by atoms with van der Waals surface area (Å²) in [6, 6.07) is 18.1. The molecule has 0 N–H and O–H groups in total. The maximum absolute atomic E-state index is 2.30. The minimum atomic E-state index is 0.705. The van der Waals surface area contributed by atoms with Gasteiger partial charge in [0.15, 0.2) is 0 Å². The van der Waals surface area contributed by atoms with E-state index in [9.17, 15) is 0 Å². The summed E-state index contributed by atoms with van der Waals surface area (Å²) in [7, 11) is 0. The Labute approximate surface area is 123 Å². The largest absolute Gasteiger partial charge is 0.0651 e. The fourth-order valence-electron chi connectivity index (χ4n) is 2.86. The summed E-state index contributed by atoms with van der Waals surface area (Å²) < 4.78 is 0. The van der Waals surface area contributed by atoms with Gasteiger partial charge in [-0.1, -0.05) is 75.7 Å². The van der Waals surface area contributed by atoms with Gasteiger partial charge >= 0.3 is 0 Å². The molecule has 0 spiro atoms. The first-order valence-electron chi connectivity index (χ1n) is 7.97. The molecule has 0 radical (unpaired) electrons. The van der Waals surface area contributed by atoms with E-state index < -0.39 is 0 Å². The SMILES string of the molecule is CCCc1ccc(-c2ccc(C(CC)CC)cc2)cc1. The Morgan fingerprint density at radius 2 is 1.20 bits per heavy atom. The van der Waals surface area contributed by atoms with E-state index >= 15 is 0 Å². The van der Waals surface area contributed by atoms with Crippen molar-refractivity contribution in [3.05, 3.63) is 59.7 Å². The summed E-state index contributed by atoms with van der Waals surface area (Å²) in [6.07, 6.45) is 4.83. The fraction of sp³-hybridized carbons (Fsp3) is 0.400.